The highest BCUT2D eigenvalue weighted by molar-refractivity contribution is 5.92. The van der Waals surface area contributed by atoms with Crippen LogP contribution in [-0.2, 0) is 6.54 Å². The van der Waals surface area contributed by atoms with E-state index in [1.54, 1.807) is 18.2 Å². The first-order valence-corrected chi connectivity index (χ1v) is 7.15. The molecular formula is C16H16N4O3. The Labute approximate surface area is 132 Å². The van der Waals surface area contributed by atoms with Gasteiger partial charge in [-0.1, -0.05) is 16.4 Å². The van der Waals surface area contributed by atoms with Gasteiger partial charge in [0.15, 0.2) is 5.76 Å². The molecule has 0 aliphatic rings. The molecule has 0 spiro atoms. The molecule has 0 aromatic carbocycles. The van der Waals surface area contributed by atoms with E-state index in [2.05, 4.69) is 20.6 Å². The Bertz CT molecular complexity index is 831. The van der Waals surface area contributed by atoms with E-state index in [0.29, 0.717) is 22.9 Å². The molecule has 0 atom stereocenters. The van der Waals surface area contributed by atoms with E-state index in [1.807, 2.05) is 26.8 Å². The molecule has 1 amide bonds. The average Bonchev–Trinajstić information content (AvgIpc) is 3.10. The zero-order valence-corrected chi connectivity index (χ0v) is 13.1. The Hall–Kier alpha value is -2.96. The Balaban J connectivity index is 1.78. The molecule has 7 nitrogen and oxygen atoms in total. The van der Waals surface area contributed by atoms with Gasteiger partial charge in [0.05, 0.1) is 29.2 Å². The van der Waals surface area contributed by atoms with Crippen molar-refractivity contribution in [1.29, 1.82) is 0 Å². The molecule has 3 heterocycles. The molecule has 3 aromatic rings. The quantitative estimate of drug-likeness (QED) is 0.795. The number of amides is 1. The molecule has 0 unspecified atom stereocenters. The summed E-state index contributed by atoms with van der Waals surface area (Å²) >= 11 is 0. The van der Waals surface area contributed by atoms with Crippen LogP contribution in [-0.4, -0.2) is 21.2 Å². The molecule has 3 rings (SSSR count). The molecule has 0 saturated heterocycles. The summed E-state index contributed by atoms with van der Waals surface area (Å²) in [5.74, 6) is 0.982. The summed E-state index contributed by atoms with van der Waals surface area (Å²) in [6.07, 6.45) is 0. The molecule has 0 fully saturated rings. The molecule has 0 aliphatic heterocycles. The minimum absolute atomic E-state index is 0.261. The van der Waals surface area contributed by atoms with Crippen LogP contribution in [0.2, 0.25) is 0 Å². The van der Waals surface area contributed by atoms with Crippen molar-refractivity contribution in [3.05, 3.63) is 52.9 Å². The fourth-order valence-electron chi connectivity index (χ4n) is 2.31. The molecule has 3 aromatic heterocycles. The Morgan fingerprint density at radius 3 is 2.65 bits per heavy atom. The first kappa shape index (κ1) is 15.0. The van der Waals surface area contributed by atoms with Crippen LogP contribution in [0.15, 0.2) is 33.3 Å². The predicted octanol–water partition coefficient (Wildman–Crippen LogP) is 2.58. The first-order valence-electron chi connectivity index (χ1n) is 7.15. The second-order valence-corrected chi connectivity index (χ2v) is 5.22. The lowest BCUT2D eigenvalue weighted by molar-refractivity contribution is 0.0942. The summed E-state index contributed by atoms with van der Waals surface area (Å²) in [4.78, 5) is 16.6. The first-order chi connectivity index (χ1) is 11.0. The Kier molecular flexibility index (Phi) is 3.92. The minimum Gasteiger partial charge on any atom is -0.361 e. The largest absolute Gasteiger partial charge is 0.361 e. The van der Waals surface area contributed by atoms with Gasteiger partial charge in [-0.3, -0.25) is 4.79 Å². The molecule has 118 valence electrons. The van der Waals surface area contributed by atoms with Gasteiger partial charge in [0, 0.05) is 6.07 Å². The SMILES string of the molecule is Cc1cc(CNC(=O)c2cccc(-c3c(C)noc3C)n2)on1. The molecule has 0 radical (unpaired) electrons. The zero-order valence-electron chi connectivity index (χ0n) is 13.1. The summed E-state index contributed by atoms with van der Waals surface area (Å²) in [5, 5.41) is 10.4. The smallest absolute Gasteiger partial charge is 0.270 e. The third-order valence-electron chi connectivity index (χ3n) is 3.37. The second-order valence-electron chi connectivity index (χ2n) is 5.22. The number of aryl methyl sites for hydroxylation is 3. The molecule has 0 aliphatic carbocycles. The third-order valence-corrected chi connectivity index (χ3v) is 3.37. The van der Waals surface area contributed by atoms with Crippen molar-refractivity contribution in [3.8, 4) is 11.3 Å². The van der Waals surface area contributed by atoms with Crippen LogP contribution in [0.1, 0.15) is 33.4 Å². The van der Waals surface area contributed by atoms with Crippen molar-refractivity contribution < 1.29 is 13.8 Å². The van der Waals surface area contributed by atoms with Crippen LogP contribution in [0.4, 0.5) is 0 Å². The Morgan fingerprint density at radius 1 is 1.17 bits per heavy atom. The molecule has 0 bridgehead atoms. The van der Waals surface area contributed by atoms with Crippen molar-refractivity contribution in [1.82, 2.24) is 20.6 Å². The maximum atomic E-state index is 12.2. The van der Waals surface area contributed by atoms with Crippen LogP contribution in [0.25, 0.3) is 11.3 Å². The van der Waals surface area contributed by atoms with Crippen molar-refractivity contribution in [2.24, 2.45) is 0 Å². The highest BCUT2D eigenvalue weighted by Gasteiger charge is 2.15. The number of rotatable bonds is 4. The van der Waals surface area contributed by atoms with Crippen LogP contribution in [0, 0.1) is 20.8 Å². The number of hydrogen-bond donors (Lipinski definition) is 1. The van der Waals surface area contributed by atoms with Gasteiger partial charge in [-0.2, -0.15) is 0 Å². The molecule has 7 heteroatoms. The third kappa shape index (κ3) is 3.13. The molecular weight excluding hydrogens is 296 g/mol. The highest BCUT2D eigenvalue weighted by Crippen LogP contribution is 2.25. The van der Waals surface area contributed by atoms with E-state index in [4.69, 9.17) is 9.05 Å². The van der Waals surface area contributed by atoms with Gasteiger partial charge >= 0.3 is 0 Å². The summed E-state index contributed by atoms with van der Waals surface area (Å²) in [5.41, 5.74) is 3.30. The number of hydrogen-bond acceptors (Lipinski definition) is 6. The van der Waals surface area contributed by atoms with Gasteiger partial charge in [0.1, 0.15) is 11.5 Å². The summed E-state index contributed by atoms with van der Waals surface area (Å²) in [7, 11) is 0. The topological polar surface area (TPSA) is 94.1 Å². The van der Waals surface area contributed by atoms with Gasteiger partial charge in [0.2, 0.25) is 0 Å². The second kappa shape index (κ2) is 6.04. The van der Waals surface area contributed by atoms with E-state index in [-0.39, 0.29) is 12.5 Å². The van der Waals surface area contributed by atoms with Crippen LogP contribution < -0.4 is 5.32 Å². The van der Waals surface area contributed by atoms with Crippen LogP contribution >= 0.6 is 0 Å². The number of nitrogens with zero attached hydrogens (tertiary/aromatic N) is 3. The van der Waals surface area contributed by atoms with Crippen molar-refractivity contribution in [3.63, 3.8) is 0 Å². The fourth-order valence-corrected chi connectivity index (χ4v) is 2.31. The van der Waals surface area contributed by atoms with E-state index >= 15 is 0 Å². The van der Waals surface area contributed by atoms with Gasteiger partial charge in [-0.25, -0.2) is 4.98 Å². The van der Waals surface area contributed by atoms with E-state index in [9.17, 15) is 4.79 Å². The fraction of sp³-hybridized carbons (Fsp3) is 0.250. The normalized spacial score (nSPS) is 10.7. The maximum Gasteiger partial charge on any atom is 0.270 e. The van der Waals surface area contributed by atoms with Gasteiger partial charge in [-0.15, -0.1) is 0 Å². The van der Waals surface area contributed by atoms with E-state index in [0.717, 1.165) is 17.0 Å². The molecule has 1 N–H and O–H groups in total. The Morgan fingerprint density at radius 2 is 2.00 bits per heavy atom. The number of nitrogens with one attached hydrogen (secondary N) is 1. The van der Waals surface area contributed by atoms with Crippen molar-refractivity contribution in [2.45, 2.75) is 27.3 Å². The van der Waals surface area contributed by atoms with Gasteiger partial charge in [-0.05, 0) is 32.9 Å². The molecule has 0 saturated carbocycles. The number of aromatic nitrogens is 3. The lowest BCUT2D eigenvalue weighted by atomic mass is 10.1. The van der Waals surface area contributed by atoms with Crippen molar-refractivity contribution in [2.75, 3.05) is 0 Å². The van der Waals surface area contributed by atoms with Gasteiger partial charge < -0.3 is 14.4 Å². The maximum absolute atomic E-state index is 12.2. The lowest BCUT2D eigenvalue weighted by Crippen LogP contribution is -2.23. The van der Waals surface area contributed by atoms with E-state index in [1.165, 1.54) is 0 Å². The van der Waals surface area contributed by atoms with Crippen molar-refractivity contribution >= 4 is 5.91 Å². The van der Waals surface area contributed by atoms with Crippen LogP contribution in [0.3, 0.4) is 0 Å². The minimum atomic E-state index is -0.285. The molecule has 23 heavy (non-hydrogen) atoms. The summed E-state index contributed by atoms with van der Waals surface area (Å²) < 4.78 is 10.2. The predicted molar refractivity (Wildman–Crippen MR) is 81.6 cm³/mol. The van der Waals surface area contributed by atoms with Crippen LogP contribution in [0.5, 0.6) is 0 Å². The number of carbonyl (C=O) groups excluding carboxylic acids is 1. The summed E-state index contributed by atoms with van der Waals surface area (Å²) in [6, 6.07) is 7.03. The lowest BCUT2D eigenvalue weighted by Gasteiger charge is -2.05. The zero-order chi connectivity index (χ0) is 16.4. The monoisotopic (exact) mass is 312 g/mol. The average molecular weight is 312 g/mol. The number of carbonyl (C=O) groups is 1. The van der Waals surface area contributed by atoms with E-state index < -0.39 is 0 Å². The number of pyridine rings is 1. The van der Waals surface area contributed by atoms with Gasteiger partial charge in [0.25, 0.3) is 5.91 Å². The summed E-state index contributed by atoms with van der Waals surface area (Å²) in [6.45, 7) is 5.74. The highest BCUT2D eigenvalue weighted by atomic mass is 16.5. The standard InChI is InChI=1S/C16H16N4O3/c1-9-7-12(23-19-9)8-17-16(21)14-6-4-5-13(18-14)15-10(2)20-22-11(15)3/h4-7H,8H2,1-3H3,(H,17,21).